The second-order valence-electron chi connectivity index (χ2n) is 4.01. The van der Waals surface area contributed by atoms with Crippen LogP contribution in [0, 0.1) is 10.1 Å². The molecule has 0 aliphatic carbocycles. The smallest absolute Gasteiger partial charge is 0.287 e. The fourth-order valence-corrected chi connectivity index (χ4v) is 1.51. The van der Waals surface area contributed by atoms with E-state index in [1.54, 1.807) is 4.57 Å². The van der Waals surface area contributed by atoms with Crippen LogP contribution >= 0.6 is 0 Å². The second-order valence-corrected chi connectivity index (χ2v) is 4.01. The van der Waals surface area contributed by atoms with Gasteiger partial charge in [-0.25, -0.2) is 0 Å². The first-order valence-corrected chi connectivity index (χ1v) is 5.87. The van der Waals surface area contributed by atoms with Gasteiger partial charge >= 0.3 is 0 Å². The maximum Gasteiger partial charge on any atom is 0.287 e. The van der Waals surface area contributed by atoms with Crippen LogP contribution in [0.2, 0.25) is 0 Å². The van der Waals surface area contributed by atoms with E-state index < -0.39 is 4.92 Å². The van der Waals surface area contributed by atoms with E-state index in [0.717, 1.165) is 6.42 Å². The van der Waals surface area contributed by atoms with Crippen molar-refractivity contribution in [2.75, 3.05) is 6.54 Å². The lowest BCUT2D eigenvalue weighted by atomic mass is 10.2. The van der Waals surface area contributed by atoms with E-state index in [-0.39, 0.29) is 23.3 Å². The Morgan fingerprint density at radius 2 is 2.28 bits per heavy atom. The van der Waals surface area contributed by atoms with Gasteiger partial charge in [-0.15, -0.1) is 0 Å². The highest BCUT2D eigenvalue weighted by Gasteiger charge is 2.18. The molecule has 1 aromatic heterocycles. The molecule has 0 saturated carbocycles. The Balaban J connectivity index is 2.81. The van der Waals surface area contributed by atoms with Crippen LogP contribution in [0.5, 0.6) is 0 Å². The third-order valence-corrected chi connectivity index (χ3v) is 2.72. The van der Waals surface area contributed by atoms with E-state index in [2.05, 4.69) is 5.32 Å². The minimum atomic E-state index is -0.513. The molecule has 7 nitrogen and oxygen atoms in total. The molecule has 1 rings (SSSR count). The standard InChI is InChI=1S/C11H18N4O3/c1-3-8(12)6-13-11(16)10-5-9(15(17)18)7-14(10)4-2/h5,7-8H,3-4,6,12H2,1-2H3,(H,13,16). The molecule has 0 fully saturated rings. The number of nitrogens with zero attached hydrogens (tertiary/aromatic N) is 2. The summed E-state index contributed by atoms with van der Waals surface area (Å²) in [5.74, 6) is -0.339. The number of aromatic nitrogens is 1. The van der Waals surface area contributed by atoms with Gasteiger partial charge in [0.05, 0.1) is 11.1 Å². The Labute approximate surface area is 105 Å². The molecule has 0 saturated heterocycles. The highest BCUT2D eigenvalue weighted by Crippen LogP contribution is 2.16. The Bertz CT molecular complexity index is 441. The second kappa shape index (κ2) is 6.15. The molecule has 0 spiro atoms. The van der Waals surface area contributed by atoms with Gasteiger partial charge < -0.3 is 15.6 Å². The maximum absolute atomic E-state index is 11.9. The molecular weight excluding hydrogens is 236 g/mol. The predicted molar refractivity (Wildman–Crippen MR) is 67.4 cm³/mol. The first-order valence-electron chi connectivity index (χ1n) is 5.87. The first-order chi connectivity index (χ1) is 8.49. The van der Waals surface area contributed by atoms with Crippen molar-refractivity contribution in [1.29, 1.82) is 0 Å². The van der Waals surface area contributed by atoms with Crippen molar-refractivity contribution in [3.8, 4) is 0 Å². The van der Waals surface area contributed by atoms with Crippen molar-refractivity contribution in [1.82, 2.24) is 9.88 Å². The molecule has 0 bridgehead atoms. The molecule has 7 heteroatoms. The molecular formula is C11H18N4O3. The Morgan fingerprint density at radius 3 is 2.78 bits per heavy atom. The molecule has 3 N–H and O–H groups in total. The highest BCUT2D eigenvalue weighted by atomic mass is 16.6. The van der Waals surface area contributed by atoms with Gasteiger partial charge in [0, 0.05) is 25.2 Å². The van der Waals surface area contributed by atoms with E-state index in [1.165, 1.54) is 12.3 Å². The number of aryl methyl sites for hydroxylation is 1. The molecule has 0 aliphatic heterocycles. The van der Waals surface area contributed by atoms with Crippen LogP contribution in [0.15, 0.2) is 12.3 Å². The topological polar surface area (TPSA) is 103 Å². The third kappa shape index (κ3) is 3.30. The van der Waals surface area contributed by atoms with E-state index >= 15 is 0 Å². The quantitative estimate of drug-likeness (QED) is 0.581. The van der Waals surface area contributed by atoms with Crippen LogP contribution < -0.4 is 11.1 Å². The molecule has 0 radical (unpaired) electrons. The zero-order valence-corrected chi connectivity index (χ0v) is 10.5. The van der Waals surface area contributed by atoms with Gasteiger partial charge in [-0.3, -0.25) is 14.9 Å². The van der Waals surface area contributed by atoms with Crippen LogP contribution in [0.4, 0.5) is 5.69 Å². The predicted octanol–water partition coefficient (Wildman–Crippen LogP) is 0.883. The van der Waals surface area contributed by atoms with E-state index in [1.807, 2.05) is 13.8 Å². The molecule has 1 unspecified atom stereocenters. The Kier molecular flexibility index (Phi) is 4.85. The Hall–Kier alpha value is -1.89. The number of hydrogen-bond acceptors (Lipinski definition) is 4. The van der Waals surface area contributed by atoms with E-state index in [0.29, 0.717) is 13.1 Å². The van der Waals surface area contributed by atoms with Crippen LogP contribution in [0.1, 0.15) is 30.8 Å². The van der Waals surface area contributed by atoms with E-state index in [9.17, 15) is 14.9 Å². The van der Waals surface area contributed by atoms with E-state index in [4.69, 9.17) is 5.73 Å². The minimum Gasteiger partial charge on any atom is -0.349 e. The lowest BCUT2D eigenvalue weighted by molar-refractivity contribution is -0.384. The van der Waals surface area contributed by atoms with Gasteiger partial charge in [-0.2, -0.15) is 0 Å². The minimum absolute atomic E-state index is 0.0817. The summed E-state index contributed by atoms with van der Waals surface area (Å²) in [4.78, 5) is 22.0. The van der Waals surface area contributed by atoms with Crippen LogP contribution in [0.3, 0.4) is 0 Å². The lowest BCUT2D eigenvalue weighted by Gasteiger charge is -2.11. The number of nitrogens with one attached hydrogen (secondary N) is 1. The van der Waals surface area contributed by atoms with Gasteiger partial charge in [0.25, 0.3) is 11.6 Å². The first kappa shape index (κ1) is 14.2. The molecule has 100 valence electrons. The third-order valence-electron chi connectivity index (χ3n) is 2.72. The average molecular weight is 254 g/mol. The van der Waals surface area contributed by atoms with Crippen LogP contribution in [0.25, 0.3) is 0 Å². The van der Waals surface area contributed by atoms with Gasteiger partial charge in [-0.05, 0) is 13.3 Å². The SMILES string of the molecule is CCC(N)CNC(=O)c1cc([N+](=O)[O-])cn1CC. The van der Waals surface area contributed by atoms with Crippen molar-refractivity contribution in [2.45, 2.75) is 32.9 Å². The average Bonchev–Trinajstić information content (AvgIpc) is 2.79. The summed E-state index contributed by atoms with van der Waals surface area (Å²) in [5, 5.41) is 13.3. The number of rotatable bonds is 6. The molecule has 1 atom stereocenters. The maximum atomic E-state index is 11.9. The van der Waals surface area contributed by atoms with Crippen LogP contribution in [-0.2, 0) is 6.54 Å². The molecule has 18 heavy (non-hydrogen) atoms. The van der Waals surface area contributed by atoms with Crippen molar-refractivity contribution < 1.29 is 9.72 Å². The fraction of sp³-hybridized carbons (Fsp3) is 0.545. The number of nitro groups is 1. The van der Waals surface area contributed by atoms with Crippen LogP contribution in [-0.4, -0.2) is 28.0 Å². The molecule has 1 aromatic rings. The van der Waals surface area contributed by atoms with Crippen molar-refractivity contribution >= 4 is 11.6 Å². The number of amides is 1. The monoisotopic (exact) mass is 254 g/mol. The summed E-state index contributed by atoms with van der Waals surface area (Å²) in [7, 11) is 0. The number of carbonyl (C=O) groups excluding carboxylic acids is 1. The Morgan fingerprint density at radius 1 is 1.61 bits per heavy atom. The van der Waals surface area contributed by atoms with Gasteiger partial charge in [0.15, 0.2) is 0 Å². The number of carbonyl (C=O) groups is 1. The summed E-state index contributed by atoms with van der Waals surface area (Å²) in [6.45, 7) is 4.60. The fourth-order valence-electron chi connectivity index (χ4n) is 1.51. The summed E-state index contributed by atoms with van der Waals surface area (Å²) in [6, 6.07) is 1.17. The van der Waals surface area contributed by atoms with Crippen molar-refractivity contribution in [3.05, 3.63) is 28.1 Å². The summed E-state index contributed by atoms with van der Waals surface area (Å²) >= 11 is 0. The number of hydrogen-bond donors (Lipinski definition) is 2. The molecule has 0 aliphatic rings. The molecule has 1 heterocycles. The summed E-state index contributed by atoms with van der Waals surface area (Å²) in [5.41, 5.74) is 5.90. The van der Waals surface area contributed by atoms with Gasteiger partial charge in [0.2, 0.25) is 0 Å². The van der Waals surface area contributed by atoms with Crippen molar-refractivity contribution in [2.24, 2.45) is 5.73 Å². The largest absolute Gasteiger partial charge is 0.349 e. The zero-order valence-electron chi connectivity index (χ0n) is 10.5. The zero-order chi connectivity index (χ0) is 13.7. The van der Waals surface area contributed by atoms with Crippen molar-refractivity contribution in [3.63, 3.8) is 0 Å². The normalized spacial score (nSPS) is 12.2. The highest BCUT2D eigenvalue weighted by molar-refractivity contribution is 5.93. The molecule has 0 aromatic carbocycles. The lowest BCUT2D eigenvalue weighted by Crippen LogP contribution is -2.37. The molecule has 1 amide bonds. The van der Waals surface area contributed by atoms with Gasteiger partial charge in [-0.1, -0.05) is 6.92 Å². The summed E-state index contributed by atoms with van der Waals surface area (Å²) < 4.78 is 1.55. The summed E-state index contributed by atoms with van der Waals surface area (Å²) in [6.07, 6.45) is 2.11. The van der Waals surface area contributed by atoms with Gasteiger partial charge in [0.1, 0.15) is 5.69 Å². The number of nitrogens with two attached hydrogens (primary N) is 1.